The number of anilines is 1. The Hall–Kier alpha value is -2.75. The SMILES string of the molecule is CCCOc1cccc(/C=C/[C@]23NC(=O)CN2c2ccccc2C3(C)C)c1. The van der Waals surface area contributed by atoms with E-state index in [0.29, 0.717) is 13.2 Å². The number of hydrogen-bond acceptors (Lipinski definition) is 3. The van der Waals surface area contributed by atoms with Crippen molar-refractivity contribution in [3.63, 3.8) is 0 Å². The van der Waals surface area contributed by atoms with Crippen molar-refractivity contribution in [1.29, 1.82) is 0 Å². The van der Waals surface area contributed by atoms with E-state index >= 15 is 0 Å². The highest BCUT2D eigenvalue weighted by Crippen LogP contribution is 2.52. The lowest BCUT2D eigenvalue weighted by molar-refractivity contribution is -0.118. The molecule has 140 valence electrons. The molecular formula is C23H26N2O2. The molecule has 1 atom stereocenters. The highest BCUT2D eigenvalue weighted by Gasteiger charge is 2.59. The molecule has 0 bridgehead atoms. The van der Waals surface area contributed by atoms with E-state index in [1.807, 2.05) is 24.3 Å². The minimum atomic E-state index is -0.561. The van der Waals surface area contributed by atoms with Crippen molar-refractivity contribution >= 4 is 17.7 Å². The third kappa shape index (κ3) is 2.71. The van der Waals surface area contributed by atoms with Crippen molar-refractivity contribution in [2.24, 2.45) is 0 Å². The molecule has 1 fully saturated rings. The standard InChI is InChI=1S/C23H26N2O2/c1-4-14-27-18-9-7-8-17(15-18)12-13-23-22(2,3)19-10-5-6-11-20(19)25(23)16-21(26)24-23/h5-13,15H,4,14,16H2,1-3H3,(H,24,26)/b13-12+/t23-/m0/s1. The third-order valence-electron chi connectivity index (χ3n) is 5.73. The van der Waals surface area contributed by atoms with E-state index in [4.69, 9.17) is 4.74 Å². The summed E-state index contributed by atoms with van der Waals surface area (Å²) >= 11 is 0. The van der Waals surface area contributed by atoms with E-state index in [1.165, 1.54) is 5.56 Å². The second-order valence-corrected chi connectivity index (χ2v) is 7.80. The fraction of sp³-hybridized carbons (Fsp3) is 0.348. The van der Waals surface area contributed by atoms with Crippen LogP contribution in [-0.2, 0) is 10.2 Å². The molecule has 2 aliphatic rings. The van der Waals surface area contributed by atoms with Gasteiger partial charge in [-0.1, -0.05) is 57.2 Å². The van der Waals surface area contributed by atoms with Crippen molar-refractivity contribution in [2.45, 2.75) is 38.3 Å². The van der Waals surface area contributed by atoms with Crippen LogP contribution in [0.2, 0.25) is 0 Å². The fourth-order valence-corrected chi connectivity index (χ4v) is 4.28. The van der Waals surface area contributed by atoms with Gasteiger partial charge < -0.3 is 15.0 Å². The number of nitrogens with one attached hydrogen (secondary N) is 1. The van der Waals surface area contributed by atoms with Crippen LogP contribution < -0.4 is 15.0 Å². The van der Waals surface area contributed by atoms with Gasteiger partial charge in [-0.05, 0) is 41.8 Å². The quantitative estimate of drug-likeness (QED) is 0.870. The minimum Gasteiger partial charge on any atom is -0.494 e. The van der Waals surface area contributed by atoms with Gasteiger partial charge >= 0.3 is 0 Å². The smallest absolute Gasteiger partial charge is 0.241 e. The summed E-state index contributed by atoms with van der Waals surface area (Å²) in [5, 5.41) is 3.25. The van der Waals surface area contributed by atoms with Crippen molar-refractivity contribution in [3.8, 4) is 5.75 Å². The predicted molar refractivity (Wildman–Crippen MR) is 109 cm³/mol. The van der Waals surface area contributed by atoms with E-state index in [1.54, 1.807) is 0 Å². The molecule has 2 heterocycles. The number of carbonyl (C=O) groups excluding carboxylic acids is 1. The zero-order valence-corrected chi connectivity index (χ0v) is 16.2. The Bertz CT molecular complexity index is 903. The summed E-state index contributed by atoms with van der Waals surface area (Å²) < 4.78 is 5.75. The van der Waals surface area contributed by atoms with E-state index in [9.17, 15) is 4.79 Å². The minimum absolute atomic E-state index is 0.0576. The first-order valence-corrected chi connectivity index (χ1v) is 9.58. The number of benzene rings is 2. The molecule has 0 unspecified atom stereocenters. The van der Waals surface area contributed by atoms with Gasteiger partial charge in [0.1, 0.15) is 11.4 Å². The number of ether oxygens (including phenoxy) is 1. The molecule has 27 heavy (non-hydrogen) atoms. The van der Waals surface area contributed by atoms with Crippen LogP contribution in [0, 0.1) is 0 Å². The van der Waals surface area contributed by atoms with E-state index < -0.39 is 5.66 Å². The Kier molecular flexibility index (Phi) is 4.22. The molecule has 0 spiro atoms. The lowest BCUT2D eigenvalue weighted by atomic mass is 9.75. The fourth-order valence-electron chi connectivity index (χ4n) is 4.28. The number of carbonyl (C=O) groups is 1. The van der Waals surface area contributed by atoms with Gasteiger partial charge in [0, 0.05) is 11.1 Å². The molecule has 1 N–H and O–H groups in total. The number of amides is 1. The highest BCUT2D eigenvalue weighted by atomic mass is 16.5. The van der Waals surface area contributed by atoms with Gasteiger partial charge in [0.2, 0.25) is 5.91 Å². The maximum Gasteiger partial charge on any atom is 0.241 e. The summed E-state index contributed by atoms with van der Waals surface area (Å²) in [6.45, 7) is 7.58. The third-order valence-corrected chi connectivity index (χ3v) is 5.73. The molecule has 4 heteroatoms. The zero-order valence-electron chi connectivity index (χ0n) is 16.2. The number of fused-ring (bicyclic) bond motifs is 3. The molecule has 0 radical (unpaired) electrons. The van der Waals surface area contributed by atoms with Crippen LogP contribution >= 0.6 is 0 Å². The van der Waals surface area contributed by atoms with Gasteiger partial charge in [-0.25, -0.2) is 0 Å². The van der Waals surface area contributed by atoms with Crippen LogP contribution in [0.4, 0.5) is 5.69 Å². The first-order valence-electron chi connectivity index (χ1n) is 9.58. The topological polar surface area (TPSA) is 41.6 Å². The highest BCUT2D eigenvalue weighted by molar-refractivity contribution is 5.91. The van der Waals surface area contributed by atoms with Gasteiger partial charge in [-0.3, -0.25) is 4.79 Å². The molecule has 0 saturated carbocycles. The normalized spacial score (nSPS) is 22.6. The molecule has 2 aromatic rings. The summed E-state index contributed by atoms with van der Waals surface area (Å²) in [5.74, 6) is 0.931. The van der Waals surface area contributed by atoms with Crippen LogP contribution in [-0.4, -0.2) is 24.7 Å². The second kappa shape index (κ2) is 6.45. The van der Waals surface area contributed by atoms with Gasteiger partial charge in [-0.15, -0.1) is 0 Å². The number of nitrogens with zero attached hydrogens (tertiary/aromatic N) is 1. The molecule has 1 amide bonds. The van der Waals surface area contributed by atoms with E-state index in [2.05, 4.69) is 67.4 Å². The van der Waals surface area contributed by atoms with Gasteiger partial charge in [0.15, 0.2) is 0 Å². The predicted octanol–water partition coefficient (Wildman–Crippen LogP) is 4.11. The first-order chi connectivity index (χ1) is 13.0. The Labute approximate surface area is 160 Å². The lowest BCUT2D eigenvalue weighted by Crippen LogP contribution is -2.58. The van der Waals surface area contributed by atoms with Crippen molar-refractivity contribution in [2.75, 3.05) is 18.1 Å². The largest absolute Gasteiger partial charge is 0.494 e. The number of para-hydroxylation sites is 1. The first kappa shape index (κ1) is 17.7. The summed E-state index contributed by atoms with van der Waals surface area (Å²) in [6, 6.07) is 16.4. The van der Waals surface area contributed by atoms with E-state index in [0.717, 1.165) is 23.4 Å². The van der Waals surface area contributed by atoms with Crippen molar-refractivity contribution in [3.05, 3.63) is 65.7 Å². The molecule has 0 aromatic heterocycles. The zero-order chi connectivity index (χ0) is 19.1. The summed E-state index contributed by atoms with van der Waals surface area (Å²) in [6.07, 6.45) is 5.21. The number of rotatable bonds is 5. The lowest BCUT2D eigenvalue weighted by Gasteiger charge is -2.40. The summed E-state index contributed by atoms with van der Waals surface area (Å²) in [5.41, 5.74) is 2.64. The van der Waals surface area contributed by atoms with Crippen LogP contribution in [0.25, 0.3) is 6.08 Å². The summed E-state index contributed by atoms with van der Waals surface area (Å²) in [4.78, 5) is 14.5. The monoisotopic (exact) mass is 362 g/mol. The summed E-state index contributed by atoms with van der Waals surface area (Å²) in [7, 11) is 0. The van der Waals surface area contributed by atoms with Crippen molar-refractivity contribution < 1.29 is 9.53 Å². The molecule has 0 aliphatic carbocycles. The average molecular weight is 362 g/mol. The van der Waals surface area contributed by atoms with Crippen LogP contribution in [0.3, 0.4) is 0 Å². The van der Waals surface area contributed by atoms with Gasteiger partial charge in [0.05, 0.1) is 13.2 Å². The molecule has 2 aliphatic heterocycles. The van der Waals surface area contributed by atoms with Crippen LogP contribution in [0.1, 0.15) is 38.3 Å². The second-order valence-electron chi connectivity index (χ2n) is 7.80. The van der Waals surface area contributed by atoms with Crippen LogP contribution in [0.15, 0.2) is 54.6 Å². The Balaban J connectivity index is 1.72. The maximum atomic E-state index is 12.3. The maximum absolute atomic E-state index is 12.3. The molecule has 1 saturated heterocycles. The Morgan fingerprint density at radius 3 is 2.81 bits per heavy atom. The number of hydrogen-bond donors (Lipinski definition) is 1. The van der Waals surface area contributed by atoms with Gasteiger partial charge in [-0.2, -0.15) is 0 Å². The van der Waals surface area contributed by atoms with E-state index in [-0.39, 0.29) is 11.3 Å². The van der Waals surface area contributed by atoms with Crippen LogP contribution in [0.5, 0.6) is 5.75 Å². The molecular weight excluding hydrogens is 336 g/mol. The van der Waals surface area contributed by atoms with Gasteiger partial charge in [0.25, 0.3) is 0 Å². The Morgan fingerprint density at radius 2 is 2.00 bits per heavy atom. The molecule has 4 nitrogen and oxygen atoms in total. The van der Waals surface area contributed by atoms with Crippen molar-refractivity contribution in [1.82, 2.24) is 5.32 Å². The molecule has 4 rings (SSSR count). The Morgan fingerprint density at radius 1 is 1.19 bits per heavy atom. The average Bonchev–Trinajstić information content (AvgIpc) is 3.10. The molecule has 2 aromatic carbocycles.